The van der Waals surface area contributed by atoms with Gasteiger partial charge < -0.3 is 10.4 Å². The van der Waals surface area contributed by atoms with Crippen molar-refractivity contribution < 1.29 is 9.90 Å². The minimum Gasteiger partial charge on any atom is -0.508 e. The number of nitrogens with zero attached hydrogens (tertiary/aromatic N) is 1. The highest BCUT2D eigenvalue weighted by molar-refractivity contribution is 6.07. The zero-order valence-corrected chi connectivity index (χ0v) is 11.5. The second kappa shape index (κ2) is 5.25. The summed E-state index contributed by atoms with van der Waals surface area (Å²) < 4.78 is 0. The van der Waals surface area contributed by atoms with Gasteiger partial charge in [-0.2, -0.15) is 0 Å². The van der Waals surface area contributed by atoms with E-state index in [-0.39, 0.29) is 11.7 Å². The summed E-state index contributed by atoms with van der Waals surface area (Å²) in [6.07, 6.45) is 0. The van der Waals surface area contributed by atoms with Crippen molar-refractivity contribution >= 4 is 16.8 Å². The first-order valence-electron chi connectivity index (χ1n) is 6.60. The van der Waals surface area contributed by atoms with Gasteiger partial charge in [-0.05, 0) is 36.4 Å². The Morgan fingerprint density at radius 2 is 1.81 bits per heavy atom. The molecule has 4 heteroatoms. The Morgan fingerprint density at radius 1 is 1.10 bits per heavy atom. The van der Waals surface area contributed by atoms with Crippen LogP contribution in [0, 0.1) is 0 Å². The predicted molar refractivity (Wildman–Crippen MR) is 82.2 cm³/mol. The molecule has 104 valence electrons. The van der Waals surface area contributed by atoms with E-state index < -0.39 is 0 Å². The first-order valence-corrected chi connectivity index (χ1v) is 6.60. The molecule has 0 radical (unpaired) electrons. The number of amides is 1. The second-order valence-corrected chi connectivity index (χ2v) is 4.70. The molecule has 1 aromatic heterocycles. The number of carbonyl (C=O) groups is 1. The van der Waals surface area contributed by atoms with Crippen LogP contribution in [0.2, 0.25) is 0 Å². The molecule has 3 rings (SSSR count). The molecule has 0 atom stereocenters. The zero-order chi connectivity index (χ0) is 14.8. The molecule has 0 aliphatic heterocycles. The van der Waals surface area contributed by atoms with Gasteiger partial charge in [0.1, 0.15) is 5.75 Å². The number of nitrogens with one attached hydrogen (secondary N) is 1. The number of carbonyl (C=O) groups excluding carboxylic acids is 1. The van der Waals surface area contributed by atoms with Gasteiger partial charge in [-0.25, -0.2) is 4.98 Å². The lowest BCUT2D eigenvalue weighted by molar-refractivity contribution is 0.0964. The van der Waals surface area contributed by atoms with Gasteiger partial charge in [-0.1, -0.05) is 18.2 Å². The summed E-state index contributed by atoms with van der Waals surface area (Å²) in [4.78, 5) is 16.7. The fraction of sp³-hybridized carbons (Fsp3) is 0.0588. The van der Waals surface area contributed by atoms with Crippen molar-refractivity contribution in [3.05, 3.63) is 60.2 Å². The van der Waals surface area contributed by atoms with Crippen LogP contribution >= 0.6 is 0 Å². The van der Waals surface area contributed by atoms with E-state index in [1.807, 2.05) is 24.3 Å². The third kappa shape index (κ3) is 2.43. The van der Waals surface area contributed by atoms with Crippen molar-refractivity contribution in [2.75, 3.05) is 7.05 Å². The maximum atomic E-state index is 12.1. The molecular weight excluding hydrogens is 264 g/mol. The summed E-state index contributed by atoms with van der Waals surface area (Å²) in [5, 5.41) is 12.8. The number of pyridine rings is 1. The number of aromatic hydroxyl groups is 1. The van der Waals surface area contributed by atoms with E-state index in [9.17, 15) is 9.90 Å². The highest BCUT2D eigenvalue weighted by Gasteiger charge is 2.12. The molecule has 0 aliphatic rings. The third-order valence-corrected chi connectivity index (χ3v) is 3.35. The Labute approximate surface area is 122 Å². The molecule has 0 saturated carbocycles. The van der Waals surface area contributed by atoms with Crippen molar-refractivity contribution in [2.24, 2.45) is 0 Å². The Bertz CT molecular complexity index is 811. The molecule has 0 aliphatic carbocycles. The number of hydrogen-bond acceptors (Lipinski definition) is 3. The molecule has 2 N–H and O–H groups in total. The standard InChI is InChI=1S/C17H14N2O2/c1-18-17(21)14-10-16(11-6-8-12(20)9-7-11)19-15-5-3-2-4-13(14)15/h2-10,20H,1H3,(H,18,21). The van der Waals surface area contributed by atoms with Crippen LogP contribution < -0.4 is 5.32 Å². The van der Waals surface area contributed by atoms with Crippen LogP contribution in [0.4, 0.5) is 0 Å². The molecule has 4 nitrogen and oxygen atoms in total. The van der Waals surface area contributed by atoms with Crippen molar-refractivity contribution in [3.63, 3.8) is 0 Å². The monoisotopic (exact) mass is 278 g/mol. The normalized spacial score (nSPS) is 10.5. The molecule has 1 heterocycles. The number of aromatic nitrogens is 1. The molecule has 0 saturated heterocycles. The maximum absolute atomic E-state index is 12.1. The van der Waals surface area contributed by atoms with Crippen LogP contribution in [-0.4, -0.2) is 23.0 Å². The van der Waals surface area contributed by atoms with E-state index in [1.54, 1.807) is 37.4 Å². The summed E-state index contributed by atoms with van der Waals surface area (Å²) in [5.41, 5.74) is 2.91. The smallest absolute Gasteiger partial charge is 0.251 e. The maximum Gasteiger partial charge on any atom is 0.251 e. The topological polar surface area (TPSA) is 62.2 Å². The van der Waals surface area contributed by atoms with Crippen LogP contribution in [0.5, 0.6) is 5.75 Å². The Balaban J connectivity index is 2.25. The van der Waals surface area contributed by atoms with Gasteiger partial charge in [0, 0.05) is 18.0 Å². The fourth-order valence-electron chi connectivity index (χ4n) is 2.28. The average Bonchev–Trinajstić information content (AvgIpc) is 2.53. The quantitative estimate of drug-likeness (QED) is 0.757. The third-order valence-electron chi connectivity index (χ3n) is 3.35. The van der Waals surface area contributed by atoms with Crippen molar-refractivity contribution in [1.29, 1.82) is 0 Å². The van der Waals surface area contributed by atoms with E-state index >= 15 is 0 Å². The molecule has 0 bridgehead atoms. The predicted octanol–water partition coefficient (Wildman–Crippen LogP) is 2.97. The summed E-state index contributed by atoms with van der Waals surface area (Å²) in [5.74, 6) is 0.0553. The summed E-state index contributed by atoms with van der Waals surface area (Å²) in [6, 6.07) is 16.1. The second-order valence-electron chi connectivity index (χ2n) is 4.70. The summed E-state index contributed by atoms with van der Waals surface area (Å²) in [7, 11) is 1.61. The molecular formula is C17H14N2O2. The van der Waals surface area contributed by atoms with Crippen molar-refractivity contribution in [3.8, 4) is 17.0 Å². The fourth-order valence-corrected chi connectivity index (χ4v) is 2.28. The van der Waals surface area contributed by atoms with Gasteiger partial charge in [-0.15, -0.1) is 0 Å². The number of rotatable bonds is 2. The van der Waals surface area contributed by atoms with Crippen LogP contribution in [-0.2, 0) is 0 Å². The highest BCUT2D eigenvalue weighted by Crippen LogP contribution is 2.26. The van der Waals surface area contributed by atoms with Gasteiger partial charge in [-0.3, -0.25) is 4.79 Å². The molecule has 1 amide bonds. The minimum absolute atomic E-state index is 0.145. The largest absolute Gasteiger partial charge is 0.508 e. The molecule has 0 unspecified atom stereocenters. The van der Waals surface area contributed by atoms with Gasteiger partial charge in [0.25, 0.3) is 5.91 Å². The lowest BCUT2D eigenvalue weighted by Crippen LogP contribution is -2.18. The molecule has 0 fully saturated rings. The van der Waals surface area contributed by atoms with Gasteiger partial charge in [0.15, 0.2) is 0 Å². The number of hydrogen-bond donors (Lipinski definition) is 2. The molecule has 2 aromatic carbocycles. The molecule has 3 aromatic rings. The van der Waals surface area contributed by atoms with Crippen LogP contribution in [0.1, 0.15) is 10.4 Å². The first kappa shape index (κ1) is 13.1. The van der Waals surface area contributed by atoms with E-state index in [1.165, 1.54) is 0 Å². The lowest BCUT2D eigenvalue weighted by atomic mass is 10.0. The Hall–Kier alpha value is -2.88. The first-order chi connectivity index (χ1) is 10.2. The summed E-state index contributed by atoms with van der Waals surface area (Å²) in [6.45, 7) is 0. The van der Waals surface area contributed by atoms with Crippen LogP contribution in [0.25, 0.3) is 22.2 Å². The Morgan fingerprint density at radius 3 is 2.52 bits per heavy atom. The number of phenolic OH excluding ortho intramolecular Hbond substituents is 1. The molecule has 21 heavy (non-hydrogen) atoms. The number of fused-ring (bicyclic) bond motifs is 1. The lowest BCUT2D eigenvalue weighted by Gasteiger charge is -2.09. The van der Waals surface area contributed by atoms with E-state index in [0.29, 0.717) is 11.3 Å². The van der Waals surface area contributed by atoms with Gasteiger partial charge >= 0.3 is 0 Å². The molecule has 0 spiro atoms. The SMILES string of the molecule is CNC(=O)c1cc(-c2ccc(O)cc2)nc2ccccc12. The van der Waals surface area contributed by atoms with E-state index in [0.717, 1.165) is 16.5 Å². The Kier molecular flexibility index (Phi) is 3.28. The average molecular weight is 278 g/mol. The van der Waals surface area contributed by atoms with Crippen molar-refractivity contribution in [2.45, 2.75) is 0 Å². The van der Waals surface area contributed by atoms with Crippen molar-refractivity contribution in [1.82, 2.24) is 10.3 Å². The van der Waals surface area contributed by atoms with Crippen LogP contribution in [0.3, 0.4) is 0 Å². The van der Waals surface area contributed by atoms with Crippen LogP contribution in [0.15, 0.2) is 54.6 Å². The van der Waals surface area contributed by atoms with E-state index in [2.05, 4.69) is 10.3 Å². The van der Waals surface area contributed by atoms with E-state index in [4.69, 9.17) is 0 Å². The van der Waals surface area contributed by atoms with Gasteiger partial charge in [0.05, 0.1) is 16.8 Å². The number of para-hydroxylation sites is 1. The number of phenols is 1. The number of benzene rings is 2. The highest BCUT2D eigenvalue weighted by atomic mass is 16.3. The minimum atomic E-state index is -0.145. The summed E-state index contributed by atoms with van der Waals surface area (Å²) >= 11 is 0. The van der Waals surface area contributed by atoms with Gasteiger partial charge in [0.2, 0.25) is 0 Å². The zero-order valence-electron chi connectivity index (χ0n) is 11.5.